The van der Waals surface area contributed by atoms with Gasteiger partial charge in [-0.2, -0.15) is 0 Å². The molecule has 4 heterocycles. The van der Waals surface area contributed by atoms with E-state index in [1.807, 2.05) is 56.9 Å². The molecule has 6 rings (SSSR count). The Bertz CT molecular complexity index is 1320. The van der Waals surface area contributed by atoms with Gasteiger partial charge in [-0.1, -0.05) is 24.3 Å². The highest BCUT2D eigenvalue weighted by Gasteiger charge is 2.50. The summed E-state index contributed by atoms with van der Waals surface area (Å²) in [4.78, 5) is 41.8. The number of piperidine rings is 2. The maximum atomic E-state index is 13.5. The molecule has 1 aliphatic carbocycles. The smallest absolute Gasteiger partial charge is 0.258 e. The van der Waals surface area contributed by atoms with Gasteiger partial charge in [-0.3, -0.25) is 9.59 Å². The monoisotopic (exact) mass is 558 g/mol. The molecule has 1 aromatic carbocycles. The van der Waals surface area contributed by atoms with Crippen molar-refractivity contribution in [1.29, 1.82) is 0 Å². The average Bonchev–Trinajstić information content (AvgIpc) is 3.51. The third-order valence-electron chi connectivity index (χ3n) is 9.49. The molecule has 218 valence electrons. The lowest BCUT2D eigenvalue weighted by Crippen LogP contribution is -2.62. The molecule has 4 aliphatic rings. The highest BCUT2D eigenvalue weighted by molar-refractivity contribution is 5.97. The standard InChI is InChI=1S/C32H42N6O3/c1-20(2)38(21(3)4)30(39)24-8-6-7-9-26(24)41-27-16-33-19-34-29(27)37-17-32(18-37)10-12-36(13-11-32)31(40)28-25-15-23(35-28)14-22(25)5/h6-9,16,19-21,23,25,28,35H,5,10-15,17-18H2,1-4H3/t23-,25-,28+/m1/s1. The van der Waals surface area contributed by atoms with Gasteiger partial charge in [-0.05, 0) is 65.5 Å². The number of carbonyl (C=O) groups excluding carboxylic acids is 2. The maximum Gasteiger partial charge on any atom is 0.258 e. The van der Waals surface area contributed by atoms with Crippen LogP contribution in [0.4, 0.5) is 5.82 Å². The summed E-state index contributed by atoms with van der Waals surface area (Å²) in [7, 11) is 0. The van der Waals surface area contributed by atoms with Crippen LogP contribution in [0.15, 0.2) is 48.9 Å². The van der Waals surface area contributed by atoms with E-state index >= 15 is 0 Å². The first kappa shape index (κ1) is 27.7. The molecule has 9 nitrogen and oxygen atoms in total. The number of benzene rings is 1. The SMILES string of the molecule is C=C1C[C@@H]2C[C@H]1[C@@H](C(=O)N1CCC3(CC1)CN(c1ncncc1Oc1ccccc1C(=O)N(C(C)C)C(C)C)C3)N2. The summed E-state index contributed by atoms with van der Waals surface area (Å²) in [5.74, 6) is 2.27. The summed E-state index contributed by atoms with van der Waals surface area (Å²) in [6.45, 7) is 15.6. The van der Waals surface area contributed by atoms with Gasteiger partial charge in [0.05, 0.1) is 17.8 Å². The van der Waals surface area contributed by atoms with Crippen LogP contribution in [0, 0.1) is 11.3 Å². The van der Waals surface area contributed by atoms with Crippen LogP contribution in [0.25, 0.3) is 0 Å². The van der Waals surface area contributed by atoms with Gasteiger partial charge < -0.3 is 24.8 Å². The van der Waals surface area contributed by atoms with Gasteiger partial charge in [0.2, 0.25) is 5.91 Å². The van der Waals surface area contributed by atoms with Crippen molar-refractivity contribution in [3.63, 3.8) is 0 Å². The molecule has 2 aromatic rings. The molecule has 1 saturated carbocycles. The van der Waals surface area contributed by atoms with Crippen LogP contribution in [0.5, 0.6) is 11.5 Å². The van der Waals surface area contributed by atoms with E-state index in [1.165, 1.54) is 5.57 Å². The van der Waals surface area contributed by atoms with Crippen LogP contribution in [0.2, 0.25) is 0 Å². The highest BCUT2D eigenvalue weighted by atomic mass is 16.5. The van der Waals surface area contributed by atoms with Crippen molar-refractivity contribution < 1.29 is 14.3 Å². The largest absolute Gasteiger partial charge is 0.451 e. The van der Waals surface area contributed by atoms with Crippen molar-refractivity contribution in [1.82, 2.24) is 25.1 Å². The summed E-state index contributed by atoms with van der Waals surface area (Å²) in [5.41, 5.74) is 1.94. The van der Waals surface area contributed by atoms with E-state index in [1.54, 1.807) is 12.5 Å². The second-order valence-corrected chi connectivity index (χ2v) is 12.9. The van der Waals surface area contributed by atoms with E-state index in [2.05, 4.69) is 31.7 Å². The molecule has 0 unspecified atom stereocenters. The third kappa shape index (κ3) is 5.09. The Morgan fingerprint density at radius 1 is 1.10 bits per heavy atom. The Balaban J connectivity index is 1.11. The minimum absolute atomic E-state index is 0.0573. The summed E-state index contributed by atoms with van der Waals surface area (Å²) >= 11 is 0. The lowest BCUT2D eigenvalue weighted by molar-refractivity contribution is -0.136. The molecule has 2 amide bonds. The van der Waals surface area contributed by atoms with Gasteiger partial charge >= 0.3 is 0 Å². The van der Waals surface area contributed by atoms with Gasteiger partial charge in [0, 0.05) is 55.6 Å². The maximum absolute atomic E-state index is 13.5. The lowest BCUT2D eigenvalue weighted by atomic mass is 9.72. The van der Waals surface area contributed by atoms with Gasteiger partial charge in [0.1, 0.15) is 12.1 Å². The Labute approximate surface area is 243 Å². The molecule has 3 saturated heterocycles. The van der Waals surface area contributed by atoms with Crippen molar-refractivity contribution in [2.75, 3.05) is 31.1 Å². The van der Waals surface area contributed by atoms with Crippen molar-refractivity contribution in [3.8, 4) is 11.5 Å². The second kappa shape index (κ2) is 10.7. The normalized spacial score (nSPS) is 24.7. The van der Waals surface area contributed by atoms with Crippen molar-refractivity contribution in [3.05, 3.63) is 54.5 Å². The molecule has 1 spiro atoms. The zero-order valence-corrected chi connectivity index (χ0v) is 24.7. The van der Waals surface area contributed by atoms with Crippen LogP contribution in [-0.4, -0.2) is 81.9 Å². The summed E-state index contributed by atoms with van der Waals surface area (Å²) in [6.07, 6.45) is 7.25. The highest BCUT2D eigenvalue weighted by Crippen LogP contribution is 2.46. The molecule has 41 heavy (non-hydrogen) atoms. The molecule has 4 fully saturated rings. The molecule has 9 heteroatoms. The average molecular weight is 559 g/mol. The third-order valence-corrected chi connectivity index (χ3v) is 9.49. The quantitative estimate of drug-likeness (QED) is 0.508. The number of amides is 2. The van der Waals surface area contributed by atoms with E-state index in [0.29, 0.717) is 29.0 Å². The number of hydrogen-bond acceptors (Lipinski definition) is 7. The van der Waals surface area contributed by atoms with E-state index in [0.717, 1.165) is 57.7 Å². The Morgan fingerprint density at radius 2 is 1.80 bits per heavy atom. The van der Waals surface area contributed by atoms with Crippen LogP contribution in [-0.2, 0) is 4.79 Å². The number of hydrogen-bond donors (Lipinski definition) is 1. The number of fused-ring (bicyclic) bond motifs is 2. The Hall–Kier alpha value is -3.46. The summed E-state index contributed by atoms with van der Waals surface area (Å²) in [5, 5.41) is 3.54. The van der Waals surface area contributed by atoms with Crippen molar-refractivity contribution in [2.45, 2.75) is 77.5 Å². The topological polar surface area (TPSA) is 90.9 Å². The number of likely N-dealkylation sites (tertiary alicyclic amines) is 1. The number of carbonyl (C=O) groups is 2. The summed E-state index contributed by atoms with van der Waals surface area (Å²) < 4.78 is 6.36. The van der Waals surface area contributed by atoms with Gasteiger partial charge in [0.15, 0.2) is 11.6 Å². The fourth-order valence-electron chi connectivity index (χ4n) is 7.44. The first-order valence-electron chi connectivity index (χ1n) is 15.0. The van der Waals surface area contributed by atoms with Crippen LogP contribution >= 0.6 is 0 Å². The van der Waals surface area contributed by atoms with E-state index in [-0.39, 0.29) is 35.4 Å². The number of nitrogens with one attached hydrogen (secondary N) is 1. The Kier molecular flexibility index (Phi) is 7.26. The number of para-hydroxylation sites is 1. The van der Waals surface area contributed by atoms with Crippen LogP contribution in [0.3, 0.4) is 0 Å². The molecule has 0 radical (unpaired) electrons. The van der Waals surface area contributed by atoms with E-state index < -0.39 is 0 Å². The number of nitrogens with zero attached hydrogens (tertiary/aromatic N) is 5. The molecule has 1 aromatic heterocycles. The fraction of sp³-hybridized carbons (Fsp3) is 0.562. The molecule has 1 N–H and O–H groups in total. The van der Waals surface area contributed by atoms with Gasteiger partial charge in [0.25, 0.3) is 5.91 Å². The molecular formula is C32H42N6O3. The number of ether oxygens (including phenoxy) is 1. The van der Waals surface area contributed by atoms with E-state index in [9.17, 15) is 9.59 Å². The summed E-state index contributed by atoms with van der Waals surface area (Å²) in [6, 6.07) is 7.85. The van der Waals surface area contributed by atoms with Crippen molar-refractivity contribution in [2.24, 2.45) is 11.3 Å². The fourth-order valence-corrected chi connectivity index (χ4v) is 7.44. The van der Waals surface area contributed by atoms with E-state index in [4.69, 9.17) is 4.74 Å². The predicted molar refractivity (Wildman–Crippen MR) is 158 cm³/mol. The predicted octanol–water partition coefficient (Wildman–Crippen LogP) is 4.26. The van der Waals surface area contributed by atoms with Crippen LogP contribution in [0.1, 0.15) is 63.7 Å². The first-order chi connectivity index (χ1) is 19.7. The number of aromatic nitrogens is 2. The molecule has 2 bridgehead atoms. The second-order valence-electron chi connectivity index (χ2n) is 12.9. The zero-order chi connectivity index (χ0) is 28.9. The first-order valence-corrected chi connectivity index (χ1v) is 15.0. The van der Waals surface area contributed by atoms with Crippen molar-refractivity contribution >= 4 is 17.6 Å². The molecule has 3 atom stereocenters. The lowest BCUT2D eigenvalue weighted by Gasteiger charge is -2.54. The minimum atomic E-state index is -0.0863. The number of anilines is 1. The number of rotatable bonds is 7. The van der Waals surface area contributed by atoms with Crippen LogP contribution < -0.4 is 15.0 Å². The minimum Gasteiger partial charge on any atom is -0.451 e. The van der Waals surface area contributed by atoms with Gasteiger partial charge in [-0.25, -0.2) is 9.97 Å². The zero-order valence-electron chi connectivity index (χ0n) is 24.7. The van der Waals surface area contributed by atoms with Gasteiger partial charge in [-0.15, -0.1) is 0 Å². The molecular weight excluding hydrogens is 516 g/mol. The molecule has 3 aliphatic heterocycles. The Morgan fingerprint density at radius 3 is 2.46 bits per heavy atom.